The van der Waals surface area contributed by atoms with Crippen molar-refractivity contribution in [2.24, 2.45) is 28.6 Å². The molecule has 0 radical (unpaired) electrons. The van der Waals surface area contributed by atoms with Crippen molar-refractivity contribution < 1.29 is 28.9 Å². The monoisotopic (exact) mass is 418 g/mol. The van der Waals surface area contributed by atoms with Crippen LogP contribution in [0.5, 0.6) is 0 Å². The Morgan fingerprint density at radius 1 is 1.20 bits per heavy atom. The average molecular weight is 419 g/mol. The Morgan fingerprint density at radius 3 is 2.63 bits per heavy atom. The van der Waals surface area contributed by atoms with Gasteiger partial charge in [0.15, 0.2) is 11.6 Å². The van der Waals surface area contributed by atoms with Gasteiger partial charge in [0, 0.05) is 37.7 Å². The third-order valence-corrected chi connectivity index (χ3v) is 9.51. The first-order chi connectivity index (χ1) is 14.2. The Morgan fingerprint density at radius 2 is 1.93 bits per heavy atom. The number of ether oxygens (including phenoxy) is 3. The highest BCUT2D eigenvalue weighted by atomic mass is 16.7. The van der Waals surface area contributed by atoms with E-state index in [1.165, 1.54) is 12.7 Å². The number of carbonyl (C=O) groups is 2. The van der Waals surface area contributed by atoms with E-state index in [-0.39, 0.29) is 47.8 Å². The Labute approximate surface area is 178 Å². The molecule has 1 heterocycles. The Kier molecular flexibility index (Phi) is 4.65. The second-order valence-corrected chi connectivity index (χ2v) is 10.7. The van der Waals surface area contributed by atoms with Gasteiger partial charge in [-0.3, -0.25) is 9.59 Å². The van der Waals surface area contributed by atoms with Crippen molar-refractivity contribution in [2.45, 2.75) is 70.2 Å². The van der Waals surface area contributed by atoms with Crippen LogP contribution in [-0.2, 0) is 23.8 Å². The van der Waals surface area contributed by atoms with Crippen molar-refractivity contribution in [3.8, 4) is 0 Å². The summed E-state index contributed by atoms with van der Waals surface area (Å²) < 4.78 is 17.0. The minimum Gasteiger partial charge on any atom is -0.381 e. The van der Waals surface area contributed by atoms with Crippen molar-refractivity contribution in [3.63, 3.8) is 0 Å². The topological polar surface area (TPSA) is 82.1 Å². The van der Waals surface area contributed by atoms with Crippen molar-refractivity contribution >= 4 is 11.6 Å². The molecule has 166 valence electrons. The van der Waals surface area contributed by atoms with Gasteiger partial charge in [-0.1, -0.05) is 25.5 Å². The van der Waals surface area contributed by atoms with Crippen LogP contribution in [0.25, 0.3) is 0 Å². The van der Waals surface area contributed by atoms with Crippen LogP contribution >= 0.6 is 0 Å². The molecule has 0 aromatic heterocycles. The number of methoxy groups -OCH3 is 1. The molecule has 5 rings (SSSR count). The summed E-state index contributed by atoms with van der Waals surface area (Å²) in [5.41, 5.74) is -1.06. The molecule has 1 N–H and O–H groups in total. The van der Waals surface area contributed by atoms with E-state index in [9.17, 15) is 14.7 Å². The van der Waals surface area contributed by atoms with Gasteiger partial charge in [0.25, 0.3) is 0 Å². The largest absolute Gasteiger partial charge is 0.381 e. The number of Topliss-reactive ketones (excluding diaryl/α,β-unsaturated/α-hetero) is 2. The fraction of sp³-hybridized carbons (Fsp3) is 0.833. The lowest BCUT2D eigenvalue weighted by atomic mass is 9.46. The number of hydrogen-bond donors (Lipinski definition) is 1. The molecule has 1 spiro atoms. The average Bonchev–Trinajstić information content (AvgIpc) is 3.26. The van der Waals surface area contributed by atoms with E-state index in [0.29, 0.717) is 19.6 Å². The second kappa shape index (κ2) is 6.71. The smallest absolute Gasteiger partial charge is 0.190 e. The van der Waals surface area contributed by atoms with Gasteiger partial charge in [0.05, 0.1) is 13.2 Å². The molecule has 6 heteroatoms. The highest BCUT2D eigenvalue weighted by molar-refractivity contribution is 5.92. The summed E-state index contributed by atoms with van der Waals surface area (Å²) in [6, 6.07) is 0. The molecule has 0 aromatic rings. The Hall–Kier alpha value is -1.08. The van der Waals surface area contributed by atoms with Crippen LogP contribution in [0.15, 0.2) is 11.6 Å². The SMILES string of the molecule is COCC(=O)[C@@]1(O)CC[C@H]2[C@@H]3CC=C4CC5(CC[C@]4(C)[C@H]3C(=O)C[C@@]21C)OCCO5. The van der Waals surface area contributed by atoms with Gasteiger partial charge in [-0.05, 0) is 42.9 Å². The molecular formula is C24H34O6. The van der Waals surface area contributed by atoms with Crippen LogP contribution in [0, 0.1) is 28.6 Å². The summed E-state index contributed by atoms with van der Waals surface area (Å²) in [5, 5.41) is 11.5. The standard InChI is InChI=1S/C24H34O6/c1-21-8-9-23(29-10-11-30-23)12-15(21)4-5-16-17-6-7-24(27,19(26)14-28-3)22(17,2)13-18(25)20(16)21/h4,16-17,20,27H,5-14H2,1-3H3/t16-,17-,20+,21-,22-,24-/m0/s1. The molecule has 4 fully saturated rings. The second-order valence-electron chi connectivity index (χ2n) is 10.7. The molecule has 4 aliphatic carbocycles. The quantitative estimate of drug-likeness (QED) is 0.710. The van der Waals surface area contributed by atoms with E-state index in [1.807, 2.05) is 6.92 Å². The minimum absolute atomic E-state index is 0.0470. The molecule has 0 aromatic carbocycles. The van der Waals surface area contributed by atoms with E-state index < -0.39 is 16.8 Å². The van der Waals surface area contributed by atoms with Gasteiger partial charge < -0.3 is 19.3 Å². The van der Waals surface area contributed by atoms with Crippen LogP contribution in [0.2, 0.25) is 0 Å². The summed E-state index contributed by atoms with van der Waals surface area (Å²) in [5.74, 6) is -0.278. The van der Waals surface area contributed by atoms with Gasteiger partial charge in [0.1, 0.15) is 18.0 Å². The molecule has 1 saturated heterocycles. The van der Waals surface area contributed by atoms with Gasteiger partial charge in [-0.25, -0.2) is 0 Å². The number of carbonyl (C=O) groups excluding carboxylic acids is 2. The molecular weight excluding hydrogens is 384 g/mol. The molecule has 3 saturated carbocycles. The lowest BCUT2D eigenvalue weighted by Crippen LogP contribution is -2.61. The van der Waals surface area contributed by atoms with Crippen molar-refractivity contribution in [3.05, 3.63) is 11.6 Å². The number of hydrogen-bond acceptors (Lipinski definition) is 6. The van der Waals surface area contributed by atoms with Crippen LogP contribution in [0.4, 0.5) is 0 Å². The zero-order valence-electron chi connectivity index (χ0n) is 18.4. The third-order valence-electron chi connectivity index (χ3n) is 9.51. The molecule has 30 heavy (non-hydrogen) atoms. The number of fused-ring (bicyclic) bond motifs is 5. The van der Waals surface area contributed by atoms with E-state index in [4.69, 9.17) is 14.2 Å². The van der Waals surface area contributed by atoms with Crippen LogP contribution in [0.1, 0.15) is 58.8 Å². The molecule has 1 aliphatic heterocycles. The summed E-state index contributed by atoms with van der Waals surface area (Å²) in [7, 11) is 1.47. The first-order valence-corrected chi connectivity index (χ1v) is 11.4. The zero-order chi connectivity index (χ0) is 21.4. The summed E-state index contributed by atoms with van der Waals surface area (Å²) in [4.78, 5) is 26.5. The Bertz CT molecular complexity index is 798. The van der Waals surface area contributed by atoms with E-state index in [2.05, 4.69) is 13.0 Å². The van der Waals surface area contributed by atoms with Gasteiger partial charge >= 0.3 is 0 Å². The van der Waals surface area contributed by atoms with Crippen LogP contribution in [-0.4, -0.2) is 55.0 Å². The van der Waals surface area contributed by atoms with Gasteiger partial charge in [-0.2, -0.15) is 0 Å². The maximum Gasteiger partial charge on any atom is 0.190 e. The van der Waals surface area contributed by atoms with Crippen LogP contribution < -0.4 is 0 Å². The predicted octanol–water partition coefficient (Wildman–Crippen LogP) is 2.82. The van der Waals surface area contributed by atoms with E-state index in [1.54, 1.807) is 0 Å². The number of allylic oxidation sites excluding steroid dienone is 1. The molecule has 6 nitrogen and oxygen atoms in total. The van der Waals surface area contributed by atoms with Crippen molar-refractivity contribution in [1.29, 1.82) is 0 Å². The fourth-order valence-corrected chi connectivity index (χ4v) is 7.89. The van der Waals surface area contributed by atoms with Crippen LogP contribution in [0.3, 0.4) is 0 Å². The van der Waals surface area contributed by atoms with Gasteiger partial charge in [0.2, 0.25) is 0 Å². The summed E-state index contributed by atoms with van der Waals surface area (Å²) in [6.45, 7) is 5.39. The lowest BCUT2D eigenvalue weighted by Gasteiger charge is -2.58. The molecule has 0 amide bonds. The number of aliphatic hydroxyl groups is 1. The van der Waals surface area contributed by atoms with Crippen molar-refractivity contribution in [1.82, 2.24) is 0 Å². The summed E-state index contributed by atoms with van der Waals surface area (Å²) in [6.07, 6.45) is 7.06. The molecule has 0 bridgehead atoms. The minimum atomic E-state index is -1.47. The predicted molar refractivity (Wildman–Crippen MR) is 109 cm³/mol. The fourth-order valence-electron chi connectivity index (χ4n) is 7.89. The third kappa shape index (κ3) is 2.57. The molecule has 6 atom stereocenters. The van der Waals surface area contributed by atoms with Crippen molar-refractivity contribution in [2.75, 3.05) is 26.9 Å². The molecule has 0 unspecified atom stereocenters. The first kappa shape index (κ1) is 20.8. The highest BCUT2D eigenvalue weighted by Gasteiger charge is 2.68. The zero-order valence-corrected chi connectivity index (χ0v) is 18.4. The lowest BCUT2D eigenvalue weighted by molar-refractivity contribution is -0.190. The maximum absolute atomic E-state index is 13.7. The number of rotatable bonds is 3. The maximum atomic E-state index is 13.7. The number of ketones is 2. The normalized spacial score (nSPS) is 46.9. The highest BCUT2D eigenvalue weighted by Crippen LogP contribution is 2.67. The Balaban J connectivity index is 1.48. The molecule has 5 aliphatic rings. The van der Waals surface area contributed by atoms with Gasteiger partial charge in [-0.15, -0.1) is 0 Å². The first-order valence-electron chi connectivity index (χ1n) is 11.4. The van der Waals surface area contributed by atoms with E-state index >= 15 is 0 Å². The van der Waals surface area contributed by atoms with E-state index in [0.717, 1.165) is 32.1 Å². The summed E-state index contributed by atoms with van der Waals surface area (Å²) >= 11 is 0.